The molecule has 0 unspecified atom stereocenters. The SMILES string of the molecule is CCOC(=O)C(=C=N)/C=C1/COc2ccccc2C1=O. The van der Waals surface area contributed by atoms with Gasteiger partial charge in [-0.2, -0.15) is 0 Å². The van der Waals surface area contributed by atoms with Gasteiger partial charge in [-0.05, 0) is 31.0 Å². The van der Waals surface area contributed by atoms with Crippen molar-refractivity contribution in [2.75, 3.05) is 13.2 Å². The van der Waals surface area contributed by atoms with E-state index in [1.807, 2.05) is 5.87 Å². The van der Waals surface area contributed by atoms with Gasteiger partial charge in [0, 0.05) is 5.57 Å². The Hall–Kier alpha value is -2.65. The van der Waals surface area contributed by atoms with E-state index in [9.17, 15) is 9.59 Å². The van der Waals surface area contributed by atoms with Gasteiger partial charge in [0.05, 0.1) is 12.2 Å². The summed E-state index contributed by atoms with van der Waals surface area (Å²) in [5.74, 6) is 1.61. The first-order valence-electron chi connectivity index (χ1n) is 6.11. The molecule has 0 aliphatic carbocycles. The monoisotopic (exact) mass is 271 g/mol. The molecule has 0 amide bonds. The molecule has 5 nitrogen and oxygen atoms in total. The summed E-state index contributed by atoms with van der Waals surface area (Å²) in [6.07, 6.45) is 1.29. The van der Waals surface area contributed by atoms with Gasteiger partial charge < -0.3 is 9.47 Å². The largest absolute Gasteiger partial charge is 0.488 e. The Kier molecular flexibility index (Phi) is 4.13. The summed E-state index contributed by atoms with van der Waals surface area (Å²) in [6.45, 7) is 1.92. The number of Topliss-reactive ketones (excluding diaryl/α,β-unsaturated/α-hetero) is 1. The third kappa shape index (κ3) is 2.68. The first-order valence-corrected chi connectivity index (χ1v) is 6.11. The number of ketones is 1. The summed E-state index contributed by atoms with van der Waals surface area (Å²) in [7, 11) is 0. The van der Waals surface area contributed by atoms with Gasteiger partial charge in [0.1, 0.15) is 17.9 Å². The number of hydrogen-bond donors (Lipinski definition) is 1. The van der Waals surface area contributed by atoms with Crippen molar-refractivity contribution in [2.24, 2.45) is 0 Å². The number of esters is 1. The minimum Gasteiger partial charge on any atom is -0.488 e. The molecule has 102 valence electrons. The Bertz CT molecular complexity index is 639. The molecule has 1 aliphatic heterocycles. The topological polar surface area (TPSA) is 76.5 Å². The predicted molar refractivity (Wildman–Crippen MR) is 72.2 cm³/mol. The third-order valence-electron chi connectivity index (χ3n) is 2.76. The Morgan fingerprint density at radius 2 is 2.25 bits per heavy atom. The summed E-state index contributed by atoms with van der Waals surface area (Å²) in [4.78, 5) is 23.8. The zero-order valence-electron chi connectivity index (χ0n) is 10.9. The van der Waals surface area contributed by atoms with Gasteiger partial charge in [0.2, 0.25) is 0 Å². The molecule has 1 heterocycles. The van der Waals surface area contributed by atoms with Crippen LogP contribution in [0.3, 0.4) is 0 Å². The number of nitrogens with one attached hydrogen (secondary N) is 1. The number of fused-ring (bicyclic) bond motifs is 1. The van der Waals surface area contributed by atoms with Crippen LogP contribution in [0.25, 0.3) is 0 Å². The second kappa shape index (κ2) is 5.99. The van der Waals surface area contributed by atoms with E-state index in [0.717, 1.165) is 0 Å². The molecule has 0 saturated heterocycles. The second-order valence-electron chi connectivity index (χ2n) is 4.04. The molecule has 2 rings (SSSR count). The molecule has 0 aromatic heterocycles. The number of ether oxygens (including phenoxy) is 2. The molecule has 0 saturated carbocycles. The first-order chi connectivity index (χ1) is 9.67. The Labute approximate surface area is 116 Å². The predicted octanol–water partition coefficient (Wildman–Crippen LogP) is 1.93. The molecule has 1 aromatic carbocycles. The Balaban J connectivity index is 2.31. The fraction of sp³-hybridized carbons (Fsp3) is 0.200. The second-order valence-corrected chi connectivity index (χ2v) is 4.04. The van der Waals surface area contributed by atoms with E-state index in [2.05, 4.69) is 0 Å². The minimum atomic E-state index is -0.679. The number of para-hydroxylation sites is 1. The van der Waals surface area contributed by atoms with Gasteiger partial charge in [-0.25, -0.2) is 4.79 Å². The Morgan fingerprint density at radius 1 is 1.50 bits per heavy atom. The van der Waals surface area contributed by atoms with Gasteiger partial charge in [-0.3, -0.25) is 10.2 Å². The average Bonchev–Trinajstić information content (AvgIpc) is 2.47. The van der Waals surface area contributed by atoms with E-state index in [1.165, 1.54) is 6.08 Å². The lowest BCUT2D eigenvalue weighted by atomic mass is 9.99. The quantitative estimate of drug-likeness (QED) is 0.517. The maximum Gasteiger partial charge on any atom is 0.347 e. The van der Waals surface area contributed by atoms with E-state index in [1.54, 1.807) is 31.2 Å². The van der Waals surface area contributed by atoms with Crippen molar-refractivity contribution < 1.29 is 19.1 Å². The van der Waals surface area contributed by atoms with Crippen LogP contribution in [0.1, 0.15) is 17.3 Å². The van der Waals surface area contributed by atoms with Crippen molar-refractivity contribution in [1.29, 1.82) is 5.41 Å². The molecule has 1 N–H and O–H groups in total. The molecule has 0 radical (unpaired) electrons. The highest BCUT2D eigenvalue weighted by molar-refractivity contribution is 6.13. The van der Waals surface area contributed by atoms with Crippen molar-refractivity contribution in [3.8, 4) is 5.75 Å². The fourth-order valence-corrected chi connectivity index (χ4v) is 1.81. The molecule has 0 fully saturated rings. The van der Waals surface area contributed by atoms with Crippen LogP contribution in [-0.4, -0.2) is 30.8 Å². The van der Waals surface area contributed by atoms with Gasteiger partial charge in [0.15, 0.2) is 5.78 Å². The van der Waals surface area contributed by atoms with Crippen LogP contribution in [0.5, 0.6) is 5.75 Å². The van der Waals surface area contributed by atoms with Crippen molar-refractivity contribution >= 4 is 17.6 Å². The molecule has 0 bridgehead atoms. The molecular weight excluding hydrogens is 258 g/mol. The van der Waals surface area contributed by atoms with Crippen LogP contribution in [0.2, 0.25) is 0 Å². The first kappa shape index (κ1) is 13.8. The molecule has 0 spiro atoms. The lowest BCUT2D eigenvalue weighted by molar-refractivity contribution is -0.137. The van der Waals surface area contributed by atoms with E-state index in [4.69, 9.17) is 14.9 Å². The van der Waals surface area contributed by atoms with Crippen LogP contribution in [0.15, 0.2) is 41.5 Å². The van der Waals surface area contributed by atoms with Gasteiger partial charge in [-0.1, -0.05) is 12.1 Å². The van der Waals surface area contributed by atoms with Crippen LogP contribution >= 0.6 is 0 Å². The summed E-state index contributed by atoms with van der Waals surface area (Å²) in [5, 5.41) is 7.11. The smallest absolute Gasteiger partial charge is 0.347 e. The molecule has 20 heavy (non-hydrogen) atoms. The number of carbonyl (C=O) groups excluding carboxylic acids is 2. The molecule has 1 aromatic rings. The van der Waals surface area contributed by atoms with Crippen molar-refractivity contribution in [3.63, 3.8) is 0 Å². The highest BCUT2D eigenvalue weighted by Crippen LogP contribution is 2.26. The molecule has 0 atom stereocenters. The van der Waals surface area contributed by atoms with Gasteiger partial charge in [-0.15, -0.1) is 0 Å². The number of hydrogen-bond acceptors (Lipinski definition) is 5. The zero-order chi connectivity index (χ0) is 14.5. The minimum absolute atomic E-state index is 0.0560. The van der Waals surface area contributed by atoms with E-state index in [-0.39, 0.29) is 24.6 Å². The zero-order valence-corrected chi connectivity index (χ0v) is 10.9. The van der Waals surface area contributed by atoms with E-state index >= 15 is 0 Å². The maximum absolute atomic E-state index is 12.2. The third-order valence-corrected chi connectivity index (χ3v) is 2.76. The molecule has 1 aliphatic rings. The average molecular weight is 271 g/mol. The summed E-state index contributed by atoms with van der Waals surface area (Å²) >= 11 is 0. The van der Waals surface area contributed by atoms with Crippen molar-refractivity contribution in [1.82, 2.24) is 0 Å². The highest BCUT2D eigenvalue weighted by atomic mass is 16.5. The normalized spacial score (nSPS) is 15.1. The van der Waals surface area contributed by atoms with Crippen LogP contribution in [0, 0.1) is 5.41 Å². The number of benzene rings is 1. The standard InChI is InChI=1S/C15H13NO4/c1-2-19-15(18)10(8-16)7-11-9-20-13-6-4-3-5-12(13)14(11)17/h3-7,16H,2,9H2,1H3/b11-7-. The summed E-state index contributed by atoms with van der Waals surface area (Å²) < 4.78 is 10.2. The maximum atomic E-state index is 12.2. The van der Waals surface area contributed by atoms with Crippen molar-refractivity contribution in [2.45, 2.75) is 6.92 Å². The van der Waals surface area contributed by atoms with Crippen LogP contribution < -0.4 is 4.74 Å². The lowest BCUT2D eigenvalue weighted by Crippen LogP contribution is -2.20. The number of carbonyl (C=O) groups is 2. The number of rotatable bonds is 3. The summed E-state index contributed by atoms with van der Waals surface area (Å²) in [5.41, 5.74) is 0.642. The Morgan fingerprint density at radius 3 is 2.95 bits per heavy atom. The lowest BCUT2D eigenvalue weighted by Gasteiger charge is -2.18. The summed E-state index contributed by atoms with van der Waals surface area (Å²) in [6, 6.07) is 6.88. The molecular formula is C15H13NO4. The van der Waals surface area contributed by atoms with Crippen molar-refractivity contribution in [3.05, 3.63) is 47.1 Å². The van der Waals surface area contributed by atoms with Gasteiger partial charge in [0.25, 0.3) is 0 Å². The van der Waals surface area contributed by atoms with Crippen LogP contribution in [-0.2, 0) is 9.53 Å². The van der Waals surface area contributed by atoms with Crippen LogP contribution in [0.4, 0.5) is 0 Å². The van der Waals surface area contributed by atoms with E-state index in [0.29, 0.717) is 16.9 Å². The van der Waals surface area contributed by atoms with E-state index < -0.39 is 5.97 Å². The highest BCUT2D eigenvalue weighted by Gasteiger charge is 2.24. The molecule has 5 heteroatoms. The van der Waals surface area contributed by atoms with Gasteiger partial charge >= 0.3 is 5.97 Å². The fourth-order valence-electron chi connectivity index (χ4n) is 1.81.